The summed E-state index contributed by atoms with van der Waals surface area (Å²) in [4.78, 5) is 25.9. The van der Waals surface area contributed by atoms with Crippen LogP contribution < -0.4 is 4.90 Å². The lowest BCUT2D eigenvalue weighted by Crippen LogP contribution is -2.49. The molecule has 1 aromatic rings. The van der Waals surface area contributed by atoms with E-state index in [1.165, 1.54) is 0 Å². The van der Waals surface area contributed by atoms with E-state index in [2.05, 4.69) is 14.9 Å². The number of carbonyl (C=O) groups excluding carboxylic acids is 1. The lowest BCUT2D eigenvalue weighted by molar-refractivity contribution is -0.128. The van der Waals surface area contributed by atoms with E-state index in [9.17, 15) is 4.79 Å². The van der Waals surface area contributed by atoms with Crippen molar-refractivity contribution in [3.8, 4) is 0 Å². The molecule has 1 fully saturated rings. The molecule has 0 aromatic carbocycles. The summed E-state index contributed by atoms with van der Waals surface area (Å²) in [5.74, 6) is 2.79. The van der Waals surface area contributed by atoms with Gasteiger partial charge in [0, 0.05) is 44.4 Å². The number of aromatic nitrogens is 2. The fourth-order valence-corrected chi connectivity index (χ4v) is 3.40. The van der Waals surface area contributed by atoms with Gasteiger partial charge in [0.25, 0.3) is 5.91 Å². The summed E-state index contributed by atoms with van der Waals surface area (Å²) in [5.41, 5.74) is 1.86. The van der Waals surface area contributed by atoms with E-state index in [4.69, 9.17) is 4.74 Å². The molecule has 3 rings (SSSR count). The molecule has 2 aliphatic rings. The number of carbonyl (C=O) groups is 1. The molecule has 24 heavy (non-hydrogen) atoms. The van der Waals surface area contributed by atoms with Crippen molar-refractivity contribution in [2.45, 2.75) is 40.0 Å². The minimum atomic E-state index is 0.154. The number of anilines is 1. The summed E-state index contributed by atoms with van der Waals surface area (Å²) in [6.07, 6.45) is 2.57. The van der Waals surface area contributed by atoms with Gasteiger partial charge in [-0.1, -0.05) is 6.92 Å². The first kappa shape index (κ1) is 16.7. The SMILES string of the molecule is CCC1=C(C(=O)N2CCN(c3cc(C)nc(C)n3)CC2)CCCO1. The lowest BCUT2D eigenvalue weighted by Gasteiger charge is -2.36. The summed E-state index contributed by atoms with van der Waals surface area (Å²) >= 11 is 0. The predicted octanol–water partition coefficient (Wildman–Crippen LogP) is 2.22. The van der Waals surface area contributed by atoms with Crippen molar-refractivity contribution in [2.75, 3.05) is 37.7 Å². The van der Waals surface area contributed by atoms with Gasteiger partial charge in [0.2, 0.25) is 0 Å². The van der Waals surface area contributed by atoms with Crippen molar-refractivity contribution in [1.82, 2.24) is 14.9 Å². The molecular formula is C18H26N4O2. The topological polar surface area (TPSA) is 58.6 Å². The Kier molecular flexibility index (Phi) is 5.02. The maximum atomic E-state index is 12.8. The number of nitrogens with zero attached hydrogens (tertiary/aromatic N) is 4. The summed E-state index contributed by atoms with van der Waals surface area (Å²) in [5, 5.41) is 0. The molecule has 1 amide bonds. The zero-order valence-electron chi connectivity index (χ0n) is 14.8. The number of allylic oxidation sites excluding steroid dienone is 1. The molecule has 0 aliphatic carbocycles. The fourth-order valence-electron chi connectivity index (χ4n) is 3.40. The van der Waals surface area contributed by atoms with Gasteiger partial charge in [-0.3, -0.25) is 4.79 Å². The van der Waals surface area contributed by atoms with Crippen LogP contribution >= 0.6 is 0 Å². The van der Waals surface area contributed by atoms with E-state index >= 15 is 0 Å². The third-order valence-corrected chi connectivity index (χ3v) is 4.61. The number of hydrogen-bond acceptors (Lipinski definition) is 5. The molecule has 1 aromatic heterocycles. The Balaban J connectivity index is 1.66. The first-order valence-electron chi connectivity index (χ1n) is 8.80. The van der Waals surface area contributed by atoms with Crippen molar-refractivity contribution >= 4 is 11.7 Å². The molecule has 6 heteroatoms. The smallest absolute Gasteiger partial charge is 0.253 e. The molecule has 0 radical (unpaired) electrons. The fraction of sp³-hybridized carbons (Fsp3) is 0.611. The molecule has 130 valence electrons. The number of piperazine rings is 1. The molecule has 6 nitrogen and oxygen atoms in total. The third-order valence-electron chi connectivity index (χ3n) is 4.61. The Labute approximate surface area is 143 Å². The molecule has 0 spiro atoms. The maximum absolute atomic E-state index is 12.8. The lowest BCUT2D eigenvalue weighted by atomic mass is 10.0. The molecule has 0 N–H and O–H groups in total. The molecule has 0 atom stereocenters. The second-order valence-corrected chi connectivity index (χ2v) is 6.40. The van der Waals surface area contributed by atoms with E-state index in [1.807, 2.05) is 31.7 Å². The second kappa shape index (κ2) is 7.20. The average Bonchev–Trinajstić information content (AvgIpc) is 2.60. The Morgan fingerprint density at radius 2 is 1.96 bits per heavy atom. The van der Waals surface area contributed by atoms with E-state index in [-0.39, 0.29) is 5.91 Å². The van der Waals surface area contributed by atoms with Crippen molar-refractivity contribution < 1.29 is 9.53 Å². The van der Waals surface area contributed by atoms with Crippen LogP contribution in [0.4, 0.5) is 5.82 Å². The van der Waals surface area contributed by atoms with Crippen LogP contribution in [0.3, 0.4) is 0 Å². The van der Waals surface area contributed by atoms with E-state index in [1.54, 1.807) is 0 Å². The maximum Gasteiger partial charge on any atom is 0.253 e. The van der Waals surface area contributed by atoms with Gasteiger partial charge in [0.15, 0.2) is 0 Å². The van der Waals surface area contributed by atoms with Crippen molar-refractivity contribution in [3.05, 3.63) is 28.9 Å². The highest BCUT2D eigenvalue weighted by molar-refractivity contribution is 5.94. The predicted molar refractivity (Wildman–Crippen MR) is 92.8 cm³/mol. The van der Waals surface area contributed by atoms with Gasteiger partial charge in [0.1, 0.15) is 17.4 Å². The van der Waals surface area contributed by atoms with Crippen molar-refractivity contribution in [3.63, 3.8) is 0 Å². The van der Waals surface area contributed by atoms with Crippen LogP contribution in [-0.4, -0.2) is 53.6 Å². The first-order valence-corrected chi connectivity index (χ1v) is 8.80. The van der Waals surface area contributed by atoms with E-state index in [0.717, 1.165) is 80.7 Å². The molecule has 0 saturated carbocycles. The van der Waals surface area contributed by atoms with Crippen LogP contribution in [0.1, 0.15) is 37.7 Å². The molecule has 0 bridgehead atoms. The molecule has 3 heterocycles. The Morgan fingerprint density at radius 1 is 1.21 bits per heavy atom. The minimum Gasteiger partial charge on any atom is -0.497 e. The highest BCUT2D eigenvalue weighted by Crippen LogP contribution is 2.24. The van der Waals surface area contributed by atoms with Crippen LogP contribution in [-0.2, 0) is 9.53 Å². The van der Waals surface area contributed by atoms with Gasteiger partial charge >= 0.3 is 0 Å². The van der Waals surface area contributed by atoms with Gasteiger partial charge in [0.05, 0.1) is 12.2 Å². The molecule has 2 aliphatic heterocycles. The Bertz CT molecular complexity index is 628. The normalized spacial score (nSPS) is 18.6. The first-order chi connectivity index (χ1) is 11.6. The zero-order valence-corrected chi connectivity index (χ0v) is 14.8. The summed E-state index contributed by atoms with van der Waals surface area (Å²) < 4.78 is 5.67. The largest absolute Gasteiger partial charge is 0.497 e. The minimum absolute atomic E-state index is 0.154. The van der Waals surface area contributed by atoms with E-state index < -0.39 is 0 Å². The molecule has 1 saturated heterocycles. The quantitative estimate of drug-likeness (QED) is 0.850. The summed E-state index contributed by atoms with van der Waals surface area (Å²) in [6.45, 7) is 9.74. The van der Waals surface area contributed by atoms with Gasteiger partial charge in [-0.2, -0.15) is 0 Å². The molecule has 0 unspecified atom stereocenters. The monoisotopic (exact) mass is 330 g/mol. The molecular weight excluding hydrogens is 304 g/mol. The number of ether oxygens (including phenoxy) is 1. The highest BCUT2D eigenvalue weighted by atomic mass is 16.5. The number of hydrogen-bond donors (Lipinski definition) is 0. The van der Waals surface area contributed by atoms with Crippen LogP contribution in [0.15, 0.2) is 17.4 Å². The van der Waals surface area contributed by atoms with Crippen molar-refractivity contribution in [2.24, 2.45) is 0 Å². The second-order valence-electron chi connectivity index (χ2n) is 6.40. The highest BCUT2D eigenvalue weighted by Gasteiger charge is 2.27. The van der Waals surface area contributed by atoms with E-state index in [0.29, 0.717) is 0 Å². The summed E-state index contributed by atoms with van der Waals surface area (Å²) in [6, 6.07) is 2.01. The van der Waals surface area contributed by atoms with Crippen molar-refractivity contribution in [1.29, 1.82) is 0 Å². The number of rotatable bonds is 3. The van der Waals surface area contributed by atoms with Gasteiger partial charge in [-0.15, -0.1) is 0 Å². The average molecular weight is 330 g/mol. The third kappa shape index (κ3) is 3.52. The standard InChI is InChI=1S/C18H26N4O2/c1-4-16-15(6-5-11-24-16)18(23)22-9-7-21(8-10-22)17-12-13(2)19-14(3)20-17/h12H,4-11H2,1-3H3. The summed E-state index contributed by atoms with van der Waals surface area (Å²) in [7, 11) is 0. The van der Waals surface area contributed by atoms with Gasteiger partial charge < -0.3 is 14.5 Å². The van der Waals surface area contributed by atoms with Gasteiger partial charge in [-0.25, -0.2) is 9.97 Å². The van der Waals surface area contributed by atoms with Gasteiger partial charge in [-0.05, 0) is 26.7 Å². The Morgan fingerprint density at radius 3 is 2.62 bits per heavy atom. The van der Waals surface area contributed by atoms with Crippen LogP contribution in [0.2, 0.25) is 0 Å². The zero-order chi connectivity index (χ0) is 17.1. The number of amides is 1. The van der Waals surface area contributed by atoms with Crippen LogP contribution in [0, 0.1) is 13.8 Å². The van der Waals surface area contributed by atoms with Crippen LogP contribution in [0.5, 0.6) is 0 Å². The Hall–Kier alpha value is -2.11. The van der Waals surface area contributed by atoms with Crippen LogP contribution in [0.25, 0.3) is 0 Å². The number of aryl methyl sites for hydroxylation is 2.